The van der Waals surface area contributed by atoms with Gasteiger partial charge < -0.3 is 14.6 Å². The maximum Gasteiger partial charge on any atom is 0.123 e. The first-order chi connectivity index (χ1) is 10.0. The number of benzene rings is 1. The van der Waals surface area contributed by atoms with Crippen molar-refractivity contribution < 1.29 is 14.6 Å². The molecule has 1 atom stereocenters. The van der Waals surface area contributed by atoms with E-state index >= 15 is 0 Å². The largest absolute Gasteiger partial charge is 0.491 e. The Labute approximate surface area is 129 Å². The smallest absolute Gasteiger partial charge is 0.123 e. The van der Waals surface area contributed by atoms with Gasteiger partial charge in [-0.25, -0.2) is 0 Å². The summed E-state index contributed by atoms with van der Waals surface area (Å²) in [6, 6.07) is 7.65. The molecular weight excluding hydrogens is 264 g/mol. The molecule has 0 fully saturated rings. The number of rotatable bonds is 10. The van der Waals surface area contributed by atoms with E-state index in [-0.39, 0.29) is 6.10 Å². The molecule has 1 aromatic rings. The third-order valence-electron chi connectivity index (χ3n) is 3.66. The first-order valence-corrected chi connectivity index (χ1v) is 8.15. The number of hydrogen-bond acceptors (Lipinski definition) is 3. The van der Waals surface area contributed by atoms with E-state index in [0.29, 0.717) is 6.61 Å². The summed E-state index contributed by atoms with van der Waals surface area (Å²) in [6.07, 6.45) is 4.61. The van der Waals surface area contributed by atoms with Gasteiger partial charge in [-0.2, -0.15) is 0 Å². The fraction of sp³-hybridized carbons (Fsp3) is 0.667. The predicted octanol–water partition coefficient (Wildman–Crippen LogP) is 4.57. The Morgan fingerprint density at radius 3 is 2.29 bits per heavy atom. The topological polar surface area (TPSA) is 38.7 Å². The molecule has 0 spiro atoms. The maximum absolute atomic E-state index is 10.6. The lowest BCUT2D eigenvalue weighted by Crippen LogP contribution is -2.35. The Balaban J connectivity index is 2.63. The molecule has 0 unspecified atom stereocenters. The normalized spacial score (nSPS) is 13.0. The van der Waals surface area contributed by atoms with Gasteiger partial charge in [0.15, 0.2) is 0 Å². The Morgan fingerprint density at radius 1 is 1.10 bits per heavy atom. The second-order valence-corrected chi connectivity index (χ2v) is 5.82. The lowest BCUT2D eigenvalue weighted by atomic mass is 9.94. The van der Waals surface area contributed by atoms with E-state index in [0.717, 1.165) is 43.6 Å². The van der Waals surface area contributed by atoms with Gasteiger partial charge in [0.1, 0.15) is 18.1 Å². The molecule has 0 amide bonds. The molecule has 0 saturated carbocycles. The van der Waals surface area contributed by atoms with E-state index in [1.54, 1.807) is 0 Å². The van der Waals surface area contributed by atoms with E-state index in [1.807, 2.05) is 24.3 Å². The van der Waals surface area contributed by atoms with Gasteiger partial charge in [-0.1, -0.05) is 39.7 Å². The van der Waals surface area contributed by atoms with Gasteiger partial charge >= 0.3 is 0 Å². The van der Waals surface area contributed by atoms with Crippen molar-refractivity contribution in [1.29, 1.82) is 0 Å². The minimum atomic E-state index is -0.725. The molecule has 0 radical (unpaired) electrons. The molecule has 3 heteroatoms. The maximum atomic E-state index is 10.6. The molecule has 0 aliphatic rings. The Hall–Kier alpha value is -1.22. The molecule has 0 bridgehead atoms. The van der Waals surface area contributed by atoms with Crippen molar-refractivity contribution >= 4 is 0 Å². The molecule has 1 aromatic carbocycles. The van der Waals surface area contributed by atoms with Crippen LogP contribution in [0.15, 0.2) is 24.3 Å². The van der Waals surface area contributed by atoms with E-state index < -0.39 is 5.60 Å². The van der Waals surface area contributed by atoms with Gasteiger partial charge in [-0.05, 0) is 38.3 Å². The van der Waals surface area contributed by atoms with Gasteiger partial charge in [-0.3, -0.25) is 0 Å². The van der Waals surface area contributed by atoms with Gasteiger partial charge in [0, 0.05) is 6.07 Å². The van der Waals surface area contributed by atoms with Crippen molar-refractivity contribution in [3.05, 3.63) is 24.3 Å². The van der Waals surface area contributed by atoms with Crippen molar-refractivity contribution in [2.24, 2.45) is 0 Å². The molecule has 3 nitrogen and oxygen atoms in total. The third kappa shape index (κ3) is 6.38. The monoisotopic (exact) mass is 294 g/mol. The molecule has 1 rings (SSSR count). The summed E-state index contributed by atoms with van der Waals surface area (Å²) in [5.74, 6) is 1.57. The van der Waals surface area contributed by atoms with Crippen LogP contribution < -0.4 is 9.47 Å². The third-order valence-corrected chi connectivity index (χ3v) is 3.66. The van der Waals surface area contributed by atoms with Gasteiger partial charge in [0.25, 0.3) is 0 Å². The highest BCUT2D eigenvalue weighted by Gasteiger charge is 2.25. The number of hydrogen-bond donors (Lipinski definition) is 1. The van der Waals surface area contributed by atoms with E-state index in [2.05, 4.69) is 27.7 Å². The zero-order valence-electron chi connectivity index (χ0n) is 13.9. The fourth-order valence-electron chi connectivity index (χ4n) is 2.37. The average molecular weight is 294 g/mol. The zero-order chi connectivity index (χ0) is 15.7. The summed E-state index contributed by atoms with van der Waals surface area (Å²) in [5, 5.41) is 10.6. The van der Waals surface area contributed by atoms with Crippen molar-refractivity contribution in [1.82, 2.24) is 0 Å². The summed E-state index contributed by atoms with van der Waals surface area (Å²) in [6.45, 7) is 8.65. The van der Waals surface area contributed by atoms with Crippen molar-refractivity contribution in [3.63, 3.8) is 0 Å². The van der Waals surface area contributed by atoms with Crippen LogP contribution in [0.25, 0.3) is 0 Å². The zero-order valence-corrected chi connectivity index (χ0v) is 13.9. The van der Waals surface area contributed by atoms with Gasteiger partial charge in [0.05, 0.1) is 11.7 Å². The molecule has 0 aliphatic heterocycles. The van der Waals surface area contributed by atoms with Crippen LogP contribution in [-0.4, -0.2) is 23.4 Å². The van der Waals surface area contributed by atoms with Crippen LogP contribution in [0, 0.1) is 0 Å². The molecule has 0 aromatic heterocycles. The lowest BCUT2D eigenvalue weighted by molar-refractivity contribution is -0.0203. The molecule has 0 saturated heterocycles. The first kappa shape index (κ1) is 17.8. The van der Waals surface area contributed by atoms with E-state index in [9.17, 15) is 5.11 Å². The quantitative estimate of drug-likeness (QED) is 0.686. The van der Waals surface area contributed by atoms with Crippen LogP contribution in [0.3, 0.4) is 0 Å². The van der Waals surface area contributed by atoms with E-state index in [1.165, 1.54) is 0 Å². The molecule has 0 aliphatic carbocycles. The van der Waals surface area contributed by atoms with Gasteiger partial charge in [-0.15, -0.1) is 0 Å². The molecular formula is C18H30O3. The second kappa shape index (κ2) is 8.93. The first-order valence-electron chi connectivity index (χ1n) is 8.15. The van der Waals surface area contributed by atoms with Crippen LogP contribution in [0.4, 0.5) is 0 Å². The highest BCUT2D eigenvalue weighted by atomic mass is 16.5. The average Bonchev–Trinajstić information content (AvgIpc) is 2.46. The predicted molar refractivity (Wildman–Crippen MR) is 87.1 cm³/mol. The van der Waals surface area contributed by atoms with Crippen molar-refractivity contribution in [3.8, 4) is 11.5 Å². The fourth-order valence-corrected chi connectivity index (χ4v) is 2.37. The van der Waals surface area contributed by atoms with Crippen LogP contribution >= 0.6 is 0 Å². The lowest BCUT2D eigenvalue weighted by Gasteiger charge is -2.27. The van der Waals surface area contributed by atoms with Crippen molar-refractivity contribution in [2.45, 2.75) is 71.5 Å². The Kier molecular flexibility index (Phi) is 7.58. The summed E-state index contributed by atoms with van der Waals surface area (Å²) in [5.41, 5.74) is -0.725. The SMILES string of the molecule is CCCC(O)(CCC)COc1cccc(O[C@@H](C)CC)c1. The minimum Gasteiger partial charge on any atom is -0.491 e. The molecule has 21 heavy (non-hydrogen) atoms. The molecule has 1 N–H and O–H groups in total. The van der Waals surface area contributed by atoms with Gasteiger partial charge in [0.2, 0.25) is 0 Å². The number of aliphatic hydroxyl groups is 1. The highest BCUT2D eigenvalue weighted by Crippen LogP contribution is 2.24. The summed E-state index contributed by atoms with van der Waals surface area (Å²) >= 11 is 0. The Bertz CT molecular complexity index is 397. The van der Waals surface area contributed by atoms with Crippen LogP contribution in [0.1, 0.15) is 59.8 Å². The highest BCUT2D eigenvalue weighted by molar-refractivity contribution is 5.33. The summed E-state index contributed by atoms with van der Waals surface area (Å²) in [7, 11) is 0. The Morgan fingerprint density at radius 2 is 1.71 bits per heavy atom. The van der Waals surface area contributed by atoms with Crippen molar-refractivity contribution in [2.75, 3.05) is 6.61 Å². The summed E-state index contributed by atoms with van der Waals surface area (Å²) in [4.78, 5) is 0. The standard InChI is InChI=1S/C18H30O3/c1-5-11-18(19,12-6-2)14-20-16-9-8-10-17(13-16)21-15(4)7-3/h8-10,13,15,19H,5-7,11-12,14H2,1-4H3/t15-/m0/s1. The van der Waals surface area contributed by atoms with Crippen LogP contribution in [0.2, 0.25) is 0 Å². The number of ether oxygens (including phenoxy) is 2. The van der Waals surface area contributed by atoms with Crippen LogP contribution in [0.5, 0.6) is 11.5 Å². The molecule has 120 valence electrons. The van der Waals surface area contributed by atoms with Crippen LogP contribution in [-0.2, 0) is 0 Å². The van der Waals surface area contributed by atoms with E-state index in [4.69, 9.17) is 9.47 Å². The minimum absolute atomic E-state index is 0.192. The second-order valence-electron chi connectivity index (χ2n) is 5.82. The molecule has 0 heterocycles. The summed E-state index contributed by atoms with van der Waals surface area (Å²) < 4.78 is 11.6.